The monoisotopic (exact) mass is 350 g/mol. The molecule has 2 heterocycles. The zero-order valence-corrected chi connectivity index (χ0v) is 14.0. The molecule has 1 aromatic carbocycles. The summed E-state index contributed by atoms with van der Waals surface area (Å²) in [4.78, 5) is 18.1. The predicted molar refractivity (Wildman–Crippen MR) is 86.8 cm³/mol. The number of oxazole rings is 1. The number of benzene rings is 1. The Labute approximate surface area is 144 Å². The standard InChI is InChI=1S/C18H20F2N2O3/c1-2-12-11-22(8-9-24-12)17(23)7-6-16-21-10-15(25-16)18-13(19)4-3-5-14(18)20/h3-5,10,12H,2,6-9,11H2,1H3. The first-order chi connectivity index (χ1) is 12.1. The highest BCUT2D eigenvalue weighted by atomic mass is 19.1. The van der Waals surface area contributed by atoms with Crippen molar-refractivity contribution in [2.45, 2.75) is 32.3 Å². The largest absolute Gasteiger partial charge is 0.441 e. The molecule has 1 amide bonds. The number of nitrogens with zero attached hydrogens (tertiary/aromatic N) is 2. The van der Waals surface area contributed by atoms with E-state index >= 15 is 0 Å². The molecule has 5 nitrogen and oxygen atoms in total. The van der Waals surface area contributed by atoms with Crippen LogP contribution in [0.5, 0.6) is 0 Å². The lowest BCUT2D eigenvalue weighted by atomic mass is 10.1. The average molecular weight is 350 g/mol. The minimum atomic E-state index is -0.710. The van der Waals surface area contributed by atoms with Gasteiger partial charge in [-0.1, -0.05) is 13.0 Å². The highest BCUT2D eigenvalue weighted by molar-refractivity contribution is 5.76. The average Bonchev–Trinajstić information content (AvgIpc) is 3.08. The van der Waals surface area contributed by atoms with Gasteiger partial charge in [-0.3, -0.25) is 4.79 Å². The van der Waals surface area contributed by atoms with Gasteiger partial charge in [-0.2, -0.15) is 0 Å². The van der Waals surface area contributed by atoms with E-state index in [1.807, 2.05) is 6.92 Å². The fourth-order valence-electron chi connectivity index (χ4n) is 2.84. The lowest BCUT2D eigenvalue weighted by Crippen LogP contribution is -2.45. The zero-order chi connectivity index (χ0) is 17.8. The van der Waals surface area contributed by atoms with Crippen molar-refractivity contribution in [3.63, 3.8) is 0 Å². The Morgan fingerprint density at radius 2 is 2.12 bits per heavy atom. The number of morpholine rings is 1. The molecule has 1 aliphatic rings. The summed E-state index contributed by atoms with van der Waals surface area (Å²) >= 11 is 0. The van der Waals surface area contributed by atoms with Gasteiger partial charge in [0.2, 0.25) is 5.91 Å². The quantitative estimate of drug-likeness (QED) is 0.831. The highest BCUT2D eigenvalue weighted by Gasteiger charge is 2.23. The summed E-state index contributed by atoms with van der Waals surface area (Å²) in [6.45, 7) is 3.73. The first-order valence-electron chi connectivity index (χ1n) is 8.37. The fraction of sp³-hybridized carbons (Fsp3) is 0.444. The SMILES string of the molecule is CCC1CN(C(=O)CCc2ncc(-c3c(F)cccc3F)o2)CCO1. The molecule has 0 spiro atoms. The lowest BCUT2D eigenvalue weighted by Gasteiger charge is -2.32. The van der Waals surface area contributed by atoms with Crippen molar-refractivity contribution in [2.24, 2.45) is 0 Å². The van der Waals surface area contributed by atoms with E-state index in [1.165, 1.54) is 12.3 Å². The van der Waals surface area contributed by atoms with Gasteiger partial charge >= 0.3 is 0 Å². The van der Waals surface area contributed by atoms with E-state index in [0.717, 1.165) is 18.6 Å². The molecule has 0 bridgehead atoms. The third-order valence-electron chi connectivity index (χ3n) is 4.26. The van der Waals surface area contributed by atoms with Crippen molar-refractivity contribution in [2.75, 3.05) is 19.7 Å². The zero-order valence-electron chi connectivity index (χ0n) is 14.0. The molecular weight excluding hydrogens is 330 g/mol. The number of carbonyl (C=O) groups is 1. The van der Waals surface area contributed by atoms with Crippen molar-refractivity contribution in [3.05, 3.63) is 41.9 Å². The van der Waals surface area contributed by atoms with Crippen LogP contribution in [0.15, 0.2) is 28.8 Å². The third-order valence-corrected chi connectivity index (χ3v) is 4.26. The first kappa shape index (κ1) is 17.5. The number of halogens is 2. The number of rotatable bonds is 5. The number of hydrogen-bond acceptors (Lipinski definition) is 4. The van der Waals surface area contributed by atoms with Crippen LogP contribution < -0.4 is 0 Å². The van der Waals surface area contributed by atoms with Crippen LogP contribution in [0.4, 0.5) is 8.78 Å². The van der Waals surface area contributed by atoms with Crippen molar-refractivity contribution >= 4 is 5.91 Å². The van der Waals surface area contributed by atoms with Crippen LogP contribution in [-0.2, 0) is 16.0 Å². The van der Waals surface area contributed by atoms with Crippen molar-refractivity contribution in [3.8, 4) is 11.3 Å². The van der Waals surface area contributed by atoms with Crippen LogP contribution in [0.25, 0.3) is 11.3 Å². The molecule has 134 valence electrons. The molecule has 1 aliphatic heterocycles. The van der Waals surface area contributed by atoms with E-state index in [0.29, 0.717) is 19.7 Å². The van der Waals surface area contributed by atoms with E-state index in [1.54, 1.807) is 4.90 Å². The first-order valence-corrected chi connectivity index (χ1v) is 8.37. The number of hydrogen-bond donors (Lipinski definition) is 0. The molecule has 0 saturated carbocycles. The molecule has 0 aliphatic carbocycles. The molecule has 25 heavy (non-hydrogen) atoms. The van der Waals surface area contributed by atoms with Crippen LogP contribution in [0.1, 0.15) is 25.7 Å². The van der Waals surface area contributed by atoms with Gasteiger partial charge in [-0.15, -0.1) is 0 Å². The van der Waals surface area contributed by atoms with Crippen LogP contribution in [0.2, 0.25) is 0 Å². The van der Waals surface area contributed by atoms with Crippen LogP contribution in [0.3, 0.4) is 0 Å². The molecule has 1 aromatic heterocycles. The van der Waals surface area contributed by atoms with Crippen molar-refractivity contribution < 1.29 is 22.7 Å². The number of aromatic nitrogens is 1. The second-order valence-corrected chi connectivity index (χ2v) is 5.96. The van der Waals surface area contributed by atoms with Crippen LogP contribution in [-0.4, -0.2) is 41.6 Å². The lowest BCUT2D eigenvalue weighted by molar-refractivity contribution is -0.138. The molecule has 7 heteroatoms. The minimum Gasteiger partial charge on any atom is -0.441 e. The summed E-state index contributed by atoms with van der Waals surface area (Å²) in [7, 11) is 0. The molecule has 0 radical (unpaired) electrons. The van der Waals surface area contributed by atoms with E-state index in [4.69, 9.17) is 9.15 Å². The Morgan fingerprint density at radius 3 is 2.84 bits per heavy atom. The number of ether oxygens (including phenoxy) is 1. The summed E-state index contributed by atoms with van der Waals surface area (Å²) in [5, 5.41) is 0. The smallest absolute Gasteiger partial charge is 0.223 e. The topological polar surface area (TPSA) is 55.6 Å². The number of amides is 1. The molecule has 2 aromatic rings. The van der Waals surface area contributed by atoms with E-state index in [9.17, 15) is 13.6 Å². The Morgan fingerprint density at radius 1 is 1.36 bits per heavy atom. The Kier molecular flexibility index (Phi) is 5.43. The van der Waals surface area contributed by atoms with Gasteiger partial charge < -0.3 is 14.1 Å². The summed E-state index contributed by atoms with van der Waals surface area (Å²) < 4.78 is 38.5. The molecule has 0 N–H and O–H groups in total. The maximum absolute atomic E-state index is 13.8. The molecule has 1 unspecified atom stereocenters. The normalized spacial score (nSPS) is 17.7. The molecule has 1 fully saturated rings. The summed E-state index contributed by atoms with van der Waals surface area (Å²) in [6, 6.07) is 3.61. The van der Waals surface area contributed by atoms with E-state index in [-0.39, 0.29) is 42.1 Å². The second kappa shape index (κ2) is 7.74. The summed E-state index contributed by atoms with van der Waals surface area (Å²) in [6.07, 6.45) is 2.73. The second-order valence-electron chi connectivity index (χ2n) is 5.96. The third kappa shape index (κ3) is 4.04. The van der Waals surface area contributed by atoms with Crippen molar-refractivity contribution in [1.29, 1.82) is 0 Å². The molecule has 1 atom stereocenters. The van der Waals surface area contributed by atoms with Gasteiger partial charge in [0.05, 0.1) is 24.5 Å². The van der Waals surface area contributed by atoms with Gasteiger partial charge in [-0.05, 0) is 18.6 Å². The molecular formula is C18H20F2N2O3. The maximum Gasteiger partial charge on any atom is 0.223 e. The molecule has 3 rings (SSSR count). The Hall–Kier alpha value is -2.28. The van der Waals surface area contributed by atoms with Gasteiger partial charge in [0.1, 0.15) is 11.6 Å². The summed E-state index contributed by atoms with van der Waals surface area (Å²) in [5.74, 6) is -1.12. The van der Waals surface area contributed by atoms with Gasteiger partial charge in [-0.25, -0.2) is 13.8 Å². The summed E-state index contributed by atoms with van der Waals surface area (Å²) in [5.41, 5.74) is -0.244. The maximum atomic E-state index is 13.8. The van der Waals surface area contributed by atoms with E-state index in [2.05, 4.69) is 4.98 Å². The van der Waals surface area contributed by atoms with Crippen LogP contribution in [0, 0.1) is 11.6 Å². The van der Waals surface area contributed by atoms with Crippen LogP contribution >= 0.6 is 0 Å². The van der Waals surface area contributed by atoms with E-state index < -0.39 is 11.6 Å². The Balaban J connectivity index is 1.61. The number of carbonyl (C=O) groups excluding carboxylic acids is 1. The predicted octanol–water partition coefficient (Wildman–Crippen LogP) is 3.19. The van der Waals surface area contributed by atoms with Crippen molar-refractivity contribution in [1.82, 2.24) is 9.88 Å². The van der Waals surface area contributed by atoms with Gasteiger partial charge in [0.25, 0.3) is 0 Å². The van der Waals surface area contributed by atoms with Gasteiger partial charge in [0.15, 0.2) is 11.7 Å². The number of aryl methyl sites for hydroxylation is 1. The fourth-order valence-corrected chi connectivity index (χ4v) is 2.84. The van der Waals surface area contributed by atoms with Gasteiger partial charge in [0, 0.05) is 25.9 Å². The highest BCUT2D eigenvalue weighted by Crippen LogP contribution is 2.26. The Bertz CT molecular complexity index is 727. The minimum absolute atomic E-state index is 0.00132. The molecule has 1 saturated heterocycles.